The second-order valence-corrected chi connectivity index (χ2v) is 7.87. The minimum Gasteiger partial charge on any atom is -0.310 e. The molecule has 0 unspecified atom stereocenters. The molecule has 0 spiro atoms. The van der Waals surface area contributed by atoms with Crippen LogP contribution < -0.4 is 4.90 Å². The third kappa shape index (κ3) is 4.33. The summed E-state index contributed by atoms with van der Waals surface area (Å²) in [7, 11) is 0. The van der Waals surface area contributed by atoms with Gasteiger partial charge in [-0.1, -0.05) is 67.6 Å². The van der Waals surface area contributed by atoms with Gasteiger partial charge in [0, 0.05) is 11.4 Å². The molecule has 144 valence electrons. The van der Waals surface area contributed by atoms with Crippen molar-refractivity contribution in [3.63, 3.8) is 0 Å². The molecule has 0 saturated heterocycles. The molecule has 1 heterocycles. The Hall–Kier alpha value is -3.10. The Morgan fingerprint density at radius 2 is 1.48 bits per heavy atom. The van der Waals surface area contributed by atoms with E-state index in [0.29, 0.717) is 0 Å². The summed E-state index contributed by atoms with van der Waals surface area (Å²) in [6.45, 7) is 4.42. The highest BCUT2D eigenvalue weighted by molar-refractivity contribution is 7.08. The minimum atomic E-state index is 1.00. The summed E-state index contributed by atoms with van der Waals surface area (Å²) in [4.78, 5) is 2.38. The zero-order valence-electron chi connectivity index (χ0n) is 16.9. The first-order valence-electron chi connectivity index (χ1n) is 10.0. The van der Waals surface area contributed by atoms with Crippen molar-refractivity contribution in [2.45, 2.75) is 20.3 Å². The summed E-state index contributed by atoms with van der Waals surface area (Å²) >= 11 is 1.72. The van der Waals surface area contributed by atoms with Crippen LogP contribution in [0.5, 0.6) is 0 Å². The van der Waals surface area contributed by atoms with E-state index in [4.69, 9.17) is 0 Å². The van der Waals surface area contributed by atoms with Crippen LogP contribution >= 0.6 is 11.3 Å². The molecule has 1 nitrogen and oxygen atoms in total. The van der Waals surface area contributed by atoms with Crippen molar-refractivity contribution >= 4 is 40.6 Å². The Kier molecular flexibility index (Phi) is 5.92. The molecule has 0 aliphatic heterocycles. The predicted molar refractivity (Wildman–Crippen MR) is 128 cm³/mol. The van der Waals surface area contributed by atoms with Crippen molar-refractivity contribution in [3.8, 4) is 0 Å². The fraction of sp³-hybridized carbons (Fsp3) is 0.111. The molecule has 3 aromatic carbocycles. The maximum Gasteiger partial charge on any atom is 0.0522 e. The Labute approximate surface area is 177 Å². The molecule has 0 bridgehead atoms. The number of benzene rings is 3. The summed E-state index contributed by atoms with van der Waals surface area (Å²) in [6, 6.07) is 28.2. The molecular weight excluding hydrogens is 370 g/mol. The van der Waals surface area contributed by atoms with Gasteiger partial charge in [0.05, 0.1) is 5.69 Å². The van der Waals surface area contributed by atoms with E-state index in [1.165, 1.54) is 39.3 Å². The largest absolute Gasteiger partial charge is 0.310 e. The van der Waals surface area contributed by atoms with Crippen LogP contribution in [0.4, 0.5) is 17.1 Å². The lowest BCUT2D eigenvalue weighted by atomic mass is 10.0. The van der Waals surface area contributed by atoms with Gasteiger partial charge in [0.2, 0.25) is 0 Å². The van der Waals surface area contributed by atoms with Gasteiger partial charge in [-0.05, 0) is 76.7 Å². The topological polar surface area (TPSA) is 3.24 Å². The predicted octanol–water partition coefficient (Wildman–Crippen LogP) is 8.26. The van der Waals surface area contributed by atoms with Crippen LogP contribution in [0.2, 0.25) is 0 Å². The third-order valence-electron chi connectivity index (χ3n) is 5.10. The molecule has 0 atom stereocenters. The zero-order valence-corrected chi connectivity index (χ0v) is 17.7. The summed E-state index contributed by atoms with van der Waals surface area (Å²) in [5.41, 5.74) is 8.73. The Morgan fingerprint density at radius 1 is 0.759 bits per heavy atom. The van der Waals surface area contributed by atoms with Gasteiger partial charge in [-0.3, -0.25) is 0 Å². The van der Waals surface area contributed by atoms with Crippen LogP contribution in [0.15, 0.2) is 89.6 Å². The van der Waals surface area contributed by atoms with Gasteiger partial charge in [-0.2, -0.15) is 11.3 Å². The fourth-order valence-electron chi connectivity index (χ4n) is 3.61. The Balaban J connectivity index is 1.75. The van der Waals surface area contributed by atoms with Crippen molar-refractivity contribution in [2.24, 2.45) is 0 Å². The summed E-state index contributed by atoms with van der Waals surface area (Å²) in [6.07, 6.45) is 5.34. The molecule has 2 heteroatoms. The smallest absolute Gasteiger partial charge is 0.0522 e. The van der Waals surface area contributed by atoms with Crippen molar-refractivity contribution in [3.05, 3.63) is 112 Å². The Bertz CT molecular complexity index is 1080. The standard InChI is InChI=1S/C27H25NS/c1-3-24-9-7-8-21(2)27(24)28(25-10-5-4-6-11-25)26-16-14-22(15-17-26)12-13-23-18-19-29-20-23/h4-20H,3H2,1-2H3/b13-12+. The SMILES string of the molecule is CCc1cccc(C)c1N(c1ccccc1)c1ccc(/C=C/c2ccsc2)cc1. The van der Waals surface area contributed by atoms with Crippen molar-refractivity contribution < 1.29 is 0 Å². The summed E-state index contributed by atoms with van der Waals surface area (Å²) in [5, 5.41) is 4.26. The van der Waals surface area contributed by atoms with Crippen LogP contribution in [0.1, 0.15) is 29.2 Å². The van der Waals surface area contributed by atoms with Crippen molar-refractivity contribution in [1.82, 2.24) is 0 Å². The second-order valence-electron chi connectivity index (χ2n) is 7.09. The van der Waals surface area contributed by atoms with Gasteiger partial charge in [-0.25, -0.2) is 0 Å². The highest BCUT2D eigenvalue weighted by Gasteiger charge is 2.17. The van der Waals surface area contributed by atoms with Crippen molar-refractivity contribution in [1.29, 1.82) is 0 Å². The van der Waals surface area contributed by atoms with E-state index in [1.54, 1.807) is 11.3 Å². The van der Waals surface area contributed by atoms with Gasteiger partial charge in [0.15, 0.2) is 0 Å². The maximum atomic E-state index is 2.38. The van der Waals surface area contributed by atoms with Gasteiger partial charge in [-0.15, -0.1) is 0 Å². The third-order valence-corrected chi connectivity index (χ3v) is 5.80. The zero-order chi connectivity index (χ0) is 20.1. The van der Waals surface area contributed by atoms with Gasteiger partial charge in [0.1, 0.15) is 0 Å². The average molecular weight is 396 g/mol. The number of para-hydroxylation sites is 2. The molecule has 0 saturated carbocycles. The lowest BCUT2D eigenvalue weighted by molar-refractivity contribution is 1.10. The lowest BCUT2D eigenvalue weighted by Gasteiger charge is -2.29. The van der Waals surface area contributed by atoms with E-state index in [-0.39, 0.29) is 0 Å². The molecule has 1 aromatic heterocycles. The molecule has 0 aliphatic rings. The second kappa shape index (κ2) is 8.93. The summed E-state index contributed by atoms with van der Waals surface area (Å²) < 4.78 is 0. The van der Waals surface area contributed by atoms with E-state index in [0.717, 1.165) is 6.42 Å². The highest BCUT2D eigenvalue weighted by atomic mass is 32.1. The molecular formula is C27H25NS. The van der Waals surface area contributed by atoms with Gasteiger partial charge in [0.25, 0.3) is 0 Å². The van der Waals surface area contributed by atoms with Crippen LogP contribution in [-0.4, -0.2) is 0 Å². The molecule has 0 N–H and O–H groups in total. The fourth-order valence-corrected chi connectivity index (χ4v) is 4.23. The lowest BCUT2D eigenvalue weighted by Crippen LogP contribution is -2.13. The molecule has 29 heavy (non-hydrogen) atoms. The minimum absolute atomic E-state index is 1.00. The monoisotopic (exact) mass is 395 g/mol. The molecule has 4 rings (SSSR count). The number of hydrogen-bond acceptors (Lipinski definition) is 2. The van der Waals surface area contributed by atoms with E-state index in [2.05, 4.69) is 121 Å². The van der Waals surface area contributed by atoms with E-state index < -0.39 is 0 Å². The number of hydrogen-bond donors (Lipinski definition) is 0. The van der Waals surface area contributed by atoms with E-state index in [1.807, 2.05) is 0 Å². The normalized spacial score (nSPS) is 11.1. The van der Waals surface area contributed by atoms with Gasteiger partial charge < -0.3 is 4.90 Å². The number of thiophene rings is 1. The van der Waals surface area contributed by atoms with E-state index in [9.17, 15) is 0 Å². The number of aryl methyl sites for hydroxylation is 2. The average Bonchev–Trinajstić information content (AvgIpc) is 3.29. The molecule has 4 aromatic rings. The first-order chi connectivity index (χ1) is 14.3. The number of nitrogens with zero attached hydrogens (tertiary/aromatic N) is 1. The van der Waals surface area contributed by atoms with Crippen LogP contribution in [-0.2, 0) is 6.42 Å². The van der Waals surface area contributed by atoms with E-state index >= 15 is 0 Å². The maximum absolute atomic E-state index is 2.38. The molecule has 0 amide bonds. The first-order valence-corrected chi connectivity index (χ1v) is 10.9. The number of rotatable bonds is 6. The summed E-state index contributed by atoms with van der Waals surface area (Å²) in [5.74, 6) is 0. The van der Waals surface area contributed by atoms with Crippen LogP contribution in [0.3, 0.4) is 0 Å². The number of anilines is 3. The van der Waals surface area contributed by atoms with Crippen LogP contribution in [0, 0.1) is 6.92 Å². The first kappa shape index (κ1) is 19.2. The quantitative estimate of drug-likeness (QED) is 0.317. The van der Waals surface area contributed by atoms with Crippen LogP contribution in [0.25, 0.3) is 12.2 Å². The van der Waals surface area contributed by atoms with Gasteiger partial charge >= 0.3 is 0 Å². The van der Waals surface area contributed by atoms with Crippen molar-refractivity contribution in [2.75, 3.05) is 4.90 Å². The highest BCUT2D eigenvalue weighted by Crippen LogP contribution is 2.38. The molecule has 0 fully saturated rings. The molecule has 0 radical (unpaired) electrons. The Morgan fingerprint density at radius 3 is 2.17 bits per heavy atom. The molecule has 0 aliphatic carbocycles.